The lowest BCUT2D eigenvalue weighted by Crippen LogP contribution is -2.33. The summed E-state index contributed by atoms with van der Waals surface area (Å²) in [6.07, 6.45) is 3.31. The van der Waals surface area contributed by atoms with E-state index in [0.29, 0.717) is 24.5 Å². The Morgan fingerprint density at radius 3 is 2.69 bits per heavy atom. The molecule has 1 N–H and O–H groups in total. The molecule has 212 valence electrons. The van der Waals surface area contributed by atoms with Gasteiger partial charge in [0, 0.05) is 29.3 Å². The summed E-state index contributed by atoms with van der Waals surface area (Å²) in [5.41, 5.74) is 3.97. The van der Waals surface area contributed by atoms with Gasteiger partial charge in [-0.2, -0.15) is 5.26 Å². The van der Waals surface area contributed by atoms with Gasteiger partial charge in [0.05, 0.1) is 41.3 Å². The molecular weight excluding hydrogens is 539 g/mol. The van der Waals surface area contributed by atoms with Crippen molar-refractivity contribution in [3.63, 3.8) is 0 Å². The van der Waals surface area contributed by atoms with E-state index in [0.717, 1.165) is 54.2 Å². The minimum atomic E-state index is -0.987. The SMILES string of the molecule is N#Cc1ccc(COc2cccc(C3CCN(Cc4nc5ccc(C(=O)O)cc5n4Cc4ccon4)CC3)n2)c(F)c1. The van der Waals surface area contributed by atoms with Gasteiger partial charge < -0.3 is 18.9 Å². The molecule has 0 amide bonds. The number of carbonyl (C=O) groups is 1. The number of carboxylic acids is 1. The molecule has 10 nitrogen and oxygen atoms in total. The van der Waals surface area contributed by atoms with Crippen LogP contribution in [-0.2, 0) is 19.7 Å². The molecule has 2 aromatic carbocycles. The van der Waals surface area contributed by atoms with Crippen LogP contribution in [-0.4, -0.2) is 48.8 Å². The molecule has 0 spiro atoms. The first-order valence-electron chi connectivity index (χ1n) is 13.6. The van der Waals surface area contributed by atoms with Crippen LogP contribution in [0.2, 0.25) is 0 Å². The molecule has 0 aliphatic carbocycles. The highest BCUT2D eigenvalue weighted by Crippen LogP contribution is 2.29. The standard InChI is InChI=1S/C31H27FN6O4/c32-25-14-20(16-33)4-5-23(25)19-41-30-3-1-2-26(35-30)21-8-11-37(12-9-21)18-29-34-27-7-6-22(31(39)40)15-28(27)38(29)17-24-10-13-42-36-24/h1-7,10,13-15,21H,8-9,11-12,17-19H2,(H,39,40). The Balaban J connectivity index is 1.12. The quantitative estimate of drug-likeness (QED) is 0.258. The largest absolute Gasteiger partial charge is 0.478 e. The number of hydrogen-bond donors (Lipinski definition) is 1. The normalized spacial score (nSPS) is 14.2. The molecule has 0 unspecified atom stereocenters. The summed E-state index contributed by atoms with van der Waals surface area (Å²) in [5.74, 6) is 0.0516. The fourth-order valence-corrected chi connectivity index (χ4v) is 5.29. The third-order valence-electron chi connectivity index (χ3n) is 7.56. The summed E-state index contributed by atoms with van der Waals surface area (Å²) in [4.78, 5) is 23.5. The number of likely N-dealkylation sites (tertiary alicyclic amines) is 1. The van der Waals surface area contributed by atoms with E-state index in [1.165, 1.54) is 12.3 Å². The van der Waals surface area contributed by atoms with Crippen LogP contribution >= 0.6 is 0 Å². The average Bonchev–Trinajstić information content (AvgIpc) is 3.65. The Morgan fingerprint density at radius 2 is 1.95 bits per heavy atom. The monoisotopic (exact) mass is 566 g/mol. The van der Waals surface area contributed by atoms with Gasteiger partial charge in [-0.1, -0.05) is 17.3 Å². The average molecular weight is 567 g/mol. The van der Waals surface area contributed by atoms with Crippen LogP contribution in [0, 0.1) is 17.1 Å². The molecule has 0 radical (unpaired) electrons. The number of rotatable bonds is 9. The number of aromatic carboxylic acids is 1. The summed E-state index contributed by atoms with van der Waals surface area (Å²) < 4.78 is 27.0. The number of nitrogens with zero attached hydrogens (tertiary/aromatic N) is 6. The number of ether oxygens (including phenoxy) is 1. The maximum atomic E-state index is 14.2. The Labute approximate surface area is 240 Å². The first kappa shape index (κ1) is 27.1. The molecule has 1 aliphatic heterocycles. The third-order valence-corrected chi connectivity index (χ3v) is 7.56. The smallest absolute Gasteiger partial charge is 0.335 e. The van der Waals surface area contributed by atoms with E-state index in [4.69, 9.17) is 24.5 Å². The van der Waals surface area contributed by atoms with Gasteiger partial charge in [0.2, 0.25) is 5.88 Å². The van der Waals surface area contributed by atoms with Crippen molar-refractivity contribution >= 4 is 17.0 Å². The zero-order valence-corrected chi connectivity index (χ0v) is 22.6. The molecule has 1 fully saturated rings. The maximum absolute atomic E-state index is 14.2. The van der Waals surface area contributed by atoms with Gasteiger partial charge in [-0.3, -0.25) is 4.90 Å². The van der Waals surface area contributed by atoms with Gasteiger partial charge in [0.1, 0.15) is 30.2 Å². The van der Waals surface area contributed by atoms with Crippen LogP contribution in [0.15, 0.2) is 71.4 Å². The fraction of sp³-hybridized carbons (Fsp3) is 0.258. The lowest BCUT2D eigenvalue weighted by molar-refractivity contribution is 0.0697. The second-order valence-electron chi connectivity index (χ2n) is 10.3. The Morgan fingerprint density at radius 1 is 1.10 bits per heavy atom. The molecule has 0 saturated carbocycles. The summed E-state index contributed by atoms with van der Waals surface area (Å²) in [5, 5.41) is 22.5. The predicted molar refractivity (Wildman–Crippen MR) is 149 cm³/mol. The van der Waals surface area contributed by atoms with Crippen LogP contribution < -0.4 is 4.74 Å². The van der Waals surface area contributed by atoms with Crippen molar-refractivity contribution in [3.05, 3.63) is 107 Å². The predicted octanol–water partition coefficient (Wildman–Crippen LogP) is 5.14. The minimum Gasteiger partial charge on any atom is -0.478 e. The van der Waals surface area contributed by atoms with Gasteiger partial charge in [-0.25, -0.2) is 19.2 Å². The van der Waals surface area contributed by atoms with Crippen LogP contribution in [0.5, 0.6) is 5.88 Å². The van der Waals surface area contributed by atoms with Crippen molar-refractivity contribution in [1.82, 2.24) is 24.6 Å². The zero-order valence-electron chi connectivity index (χ0n) is 22.6. The molecule has 6 rings (SSSR count). The lowest BCUT2D eigenvalue weighted by atomic mass is 9.93. The Bertz CT molecular complexity index is 1770. The van der Waals surface area contributed by atoms with E-state index in [-0.39, 0.29) is 23.7 Å². The Kier molecular flexibility index (Phi) is 7.62. The van der Waals surface area contributed by atoms with E-state index >= 15 is 0 Å². The summed E-state index contributed by atoms with van der Waals surface area (Å²) >= 11 is 0. The molecule has 1 aliphatic rings. The van der Waals surface area contributed by atoms with Crippen molar-refractivity contribution in [2.75, 3.05) is 13.1 Å². The van der Waals surface area contributed by atoms with E-state index in [9.17, 15) is 14.3 Å². The number of piperidine rings is 1. The van der Waals surface area contributed by atoms with E-state index in [2.05, 4.69) is 10.1 Å². The number of imidazole rings is 1. The van der Waals surface area contributed by atoms with Crippen molar-refractivity contribution in [2.24, 2.45) is 0 Å². The molecule has 3 aromatic heterocycles. The number of fused-ring (bicyclic) bond motifs is 1. The summed E-state index contributed by atoms with van der Waals surface area (Å²) in [6.45, 7) is 2.72. The molecule has 42 heavy (non-hydrogen) atoms. The van der Waals surface area contributed by atoms with E-state index in [1.807, 2.05) is 22.8 Å². The number of aromatic nitrogens is 4. The van der Waals surface area contributed by atoms with Crippen molar-refractivity contribution in [2.45, 2.75) is 38.5 Å². The number of carboxylic acid groups (broad SMARTS) is 1. The zero-order chi connectivity index (χ0) is 29.1. The first-order chi connectivity index (χ1) is 20.5. The van der Waals surface area contributed by atoms with Gasteiger partial charge in [0.25, 0.3) is 0 Å². The van der Waals surface area contributed by atoms with Crippen LogP contribution in [0.1, 0.15) is 57.5 Å². The third kappa shape index (κ3) is 5.84. The lowest BCUT2D eigenvalue weighted by Gasteiger charge is -2.31. The van der Waals surface area contributed by atoms with Crippen molar-refractivity contribution < 1.29 is 23.6 Å². The van der Waals surface area contributed by atoms with Gasteiger partial charge in [0.15, 0.2) is 0 Å². The molecule has 11 heteroatoms. The second-order valence-corrected chi connectivity index (χ2v) is 10.3. The topological polar surface area (TPSA) is 130 Å². The van der Waals surface area contributed by atoms with Crippen LogP contribution in [0.4, 0.5) is 4.39 Å². The highest BCUT2D eigenvalue weighted by molar-refractivity contribution is 5.92. The van der Waals surface area contributed by atoms with Crippen molar-refractivity contribution in [3.8, 4) is 11.9 Å². The van der Waals surface area contributed by atoms with E-state index < -0.39 is 11.8 Å². The summed E-state index contributed by atoms with van der Waals surface area (Å²) in [7, 11) is 0. The molecule has 4 heterocycles. The van der Waals surface area contributed by atoms with Gasteiger partial charge >= 0.3 is 5.97 Å². The highest BCUT2D eigenvalue weighted by Gasteiger charge is 2.24. The molecular formula is C31H27FN6O4. The molecule has 0 atom stereocenters. The van der Waals surface area contributed by atoms with Gasteiger partial charge in [-0.15, -0.1) is 0 Å². The molecule has 0 bridgehead atoms. The molecule has 5 aromatic rings. The maximum Gasteiger partial charge on any atom is 0.335 e. The van der Waals surface area contributed by atoms with Crippen molar-refractivity contribution in [1.29, 1.82) is 5.26 Å². The molecule has 1 saturated heterocycles. The first-order valence-corrected chi connectivity index (χ1v) is 13.6. The highest BCUT2D eigenvalue weighted by atomic mass is 19.1. The number of halogens is 1. The number of hydrogen-bond acceptors (Lipinski definition) is 8. The Hall–Kier alpha value is -5.08. The number of benzene rings is 2. The van der Waals surface area contributed by atoms with Crippen LogP contribution in [0.25, 0.3) is 11.0 Å². The van der Waals surface area contributed by atoms with Crippen LogP contribution in [0.3, 0.4) is 0 Å². The van der Waals surface area contributed by atoms with Gasteiger partial charge in [-0.05, 0) is 62.3 Å². The van der Waals surface area contributed by atoms with E-state index in [1.54, 1.807) is 42.5 Å². The minimum absolute atomic E-state index is 0.0235. The summed E-state index contributed by atoms with van der Waals surface area (Å²) in [6, 6.07) is 18.6. The fourth-order valence-electron chi connectivity index (χ4n) is 5.29. The number of nitriles is 1. The number of pyridine rings is 1. The second kappa shape index (κ2) is 11.8.